The van der Waals surface area contributed by atoms with Crippen LogP contribution in [-0.2, 0) is 20.0 Å². The number of aryl methyl sites for hydroxylation is 2. The molecule has 2 N–H and O–H groups in total. The third kappa shape index (κ3) is 2.97. The van der Waals surface area contributed by atoms with Crippen molar-refractivity contribution in [2.45, 2.75) is 26.3 Å². The number of nitrogens with zero attached hydrogens (tertiary/aromatic N) is 3. The quantitative estimate of drug-likeness (QED) is 0.828. The molecule has 6 nitrogen and oxygen atoms in total. The van der Waals surface area contributed by atoms with Gasteiger partial charge >= 0.3 is 0 Å². The van der Waals surface area contributed by atoms with E-state index in [1.165, 1.54) is 0 Å². The predicted molar refractivity (Wildman–Crippen MR) is 67.0 cm³/mol. The van der Waals surface area contributed by atoms with Gasteiger partial charge in [0.05, 0.1) is 0 Å². The van der Waals surface area contributed by atoms with E-state index in [2.05, 4.69) is 27.4 Å². The highest BCUT2D eigenvalue weighted by Gasteiger charge is 2.11. The summed E-state index contributed by atoms with van der Waals surface area (Å²) in [6, 6.07) is 1.96. The molecular formula is C12H17N5O. The maximum absolute atomic E-state index is 11.8. The van der Waals surface area contributed by atoms with Crippen molar-refractivity contribution >= 4 is 5.91 Å². The Hall–Kier alpha value is -2.11. The van der Waals surface area contributed by atoms with E-state index in [0.717, 1.165) is 24.2 Å². The van der Waals surface area contributed by atoms with Gasteiger partial charge in [-0.1, -0.05) is 6.92 Å². The topological polar surface area (TPSA) is 75.6 Å². The monoisotopic (exact) mass is 247 g/mol. The Morgan fingerprint density at radius 3 is 3.06 bits per heavy atom. The van der Waals surface area contributed by atoms with Gasteiger partial charge in [-0.25, -0.2) is 4.98 Å². The summed E-state index contributed by atoms with van der Waals surface area (Å²) >= 11 is 0. The Bertz CT molecular complexity index is 528. The summed E-state index contributed by atoms with van der Waals surface area (Å²) < 4.78 is 1.94. The van der Waals surface area contributed by atoms with Crippen LogP contribution in [0.25, 0.3) is 0 Å². The first-order valence-electron chi connectivity index (χ1n) is 5.99. The second-order valence-corrected chi connectivity index (χ2v) is 4.22. The minimum absolute atomic E-state index is 0.203. The van der Waals surface area contributed by atoms with Crippen molar-refractivity contribution in [3.05, 3.63) is 35.7 Å². The van der Waals surface area contributed by atoms with Gasteiger partial charge in [-0.3, -0.25) is 9.89 Å². The van der Waals surface area contributed by atoms with Crippen molar-refractivity contribution in [3.8, 4) is 0 Å². The molecule has 0 aliphatic heterocycles. The number of amides is 1. The number of H-pyrrole nitrogens is 1. The number of rotatable bonds is 5. The summed E-state index contributed by atoms with van der Waals surface area (Å²) in [6.45, 7) is 2.54. The molecule has 0 radical (unpaired) electrons. The Morgan fingerprint density at radius 1 is 1.56 bits per heavy atom. The highest BCUT2D eigenvalue weighted by atomic mass is 16.2. The van der Waals surface area contributed by atoms with Gasteiger partial charge in [-0.2, -0.15) is 0 Å². The fraction of sp³-hybridized carbons (Fsp3) is 0.417. The molecule has 96 valence electrons. The largest absolute Gasteiger partial charge is 0.357 e. The van der Waals surface area contributed by atoms with Crippen molar-refractivity contribution in [3.63, 3.8) is 0 Å². The molecule has 0 bridgehead atoms. The van der Waals surface area contributed by atoms with Crippen LogP contribution in [0.4, 0.5) is 0 Å². The number of carbonyl (C=O) groups is 1. The fourth-order valence-electron chi connectivity index (χ4n) is 1.67. The Morgan fingerprint density at radius 2 is 2.39 bits per heavy atom. The van der Waals surface area contributed by atoms with Crippen LogP contribution in [0.15, 0.2) is 18.5 Å². The number of aromatic nitrogens is 4. The molecule has 0 fully saturated rings. The van der Waals surface area contributed by atoms with Gasteiger partial charge in [-0.05, 0) is 18.1 Å². The third-order valence-corrected chi connectivity index (χ3v) is 2.57. The maximum atomic E-state index is 11.8. The van der Waals surface area contributed by atoms with Gasteiger partial charge in [0.2, 0.25) is 5.82 Å². The molecule has 0 saturated heterocycles. The van der Waals surface area contributed by atoms with Crippen LogP contribution in [0.5, 0.6) is 0 Å². The van der Waals surface area contributed by atoms with E-state index < -0.39 is 0 Å². The summed E-state index contributed by atoms with van der Waals surface area (Å²) in [5.74, 6) is 0.703. The van der Waals surface area contributed by atoms with E-state index in [1.54, 1.807) is 0 Å². The average Bonchev–Trinajstić information content (AvgIpc) is 2.96. The molecule has 0 aromatic carbocycles. The maximum Gasteiger partial charge on any atom is 0.291 e. The van der Waals surface area contributed by atoms with E-state index in [1.807, 2.05) is 30.1 Å². The van der Waals surface area contributed by atoms with Crippen molar-refractivity contribution < 1.29 is 4.79 Å². The molecule has 0 unspecified atom stereocenters. The number of hydrogen-bond donors (Lipinski definition) is 2. The first-order valence-corrected chi connectivity index (χ1v) is 5.99. The van der Waals surface area contributed by atoms with E-state index in [0.29, 0.717) is 6.54 Å². The Kier molecular flexibility index (Phi) is 3.76. The van der Waals surface area contributed by atoms with Gasteiger partial charge in [0.15, 0.2) is 0 Å². The van der Waals surface area contributed by atoms with Crippen molar-refractivity contribution in [1.29, 1.82) is 0 Å². The molecule has 0 aliphatic rings. The third-order valence-electron chi connectivity index (χ3n) is 2.57. The van der Waals surface area contributed by atoms with Crippen molar-refractivity contribution in [2.24, 2.45) is 7.05 Å². The van der Waals surface area contributed by atoms with E-state index in [9.17, 15) is 4.79 Å². The highest BCUT2D eigenvalue weighted by Crippen LogP contribution is 2.00. The molecule has 0 spiro atoms. The lowest BCUT2D eigenvalue weighted by Crippen LogP contribution is -2.23. The molecule has 2 aromatic rings. The molecule has 2 aromatic heterocycles. The number of nitrogens with one attached hydrogen (secondary N) is 2. The van der Waals surface area contributed by atoms with Gasteiger partial charge in [-0.15, -0.1) is 5.10 Å². The Labute approximate surface area is 105 Å². The van der Waals surface area contributed by atoms with Crippen LogP contribution in [-0.4, -0.2) is 25.7 Å². The molecule has 1 amide bonds. The summed E-state index contributed by atoms with van der Waals surface area (Å²) in [5, 5.41) is 9.45. The molecule has 0 saturated carbocycles. The fourth-order valence-corrected chi connectivity index (χ4v) is 1.67. The first-order chi connectivity index (χ1) is 8.69. The van der Waals surface area contributed by atoms with E-state index in [-0.39, 0.29) is 11.7 Å². The van der Waals surface area contributed by atoms with Crippen molar-refractivity contribution in [2.75, 3.05) is 0 Å². The van der Waals surface area contributed by atoms with Gasteiger partial charge in [0.1, 0.15) is 5.82 Å². The molecular weight excluding hydrogens is 230 g/mol. The summed E-state index contributed by atoms with van der Waals surface area (Å²) in [5.41, 5.74) is 1.05. The normalized spacial score (nSPS) is 10.6. The van der Waals surface area contributed by atoms with E-state index in [4.69, 9.17) is 0 Å². The SMILES string of the molecule is CCCc1nc(C(=O)NCc2ccn(C)c2)n[nH]1. The number of carbonyl (C=O) groups excluding carboxylic acids is 1. The van der Waals surface area contributed by atoms with Crippen LogP contribution in [0, 0.1) is 0 Å². The van der Waals surface area contributed by atoms with Gasteiger partial charge < -0.3 is 9.88 Å². The van der Waals surface area contributed by atoms with Crippen LogP contribution >= 0.6 is 0 Å². The summed E-state index contributed by atoms with van der Waals surface area (Å²) in [6.07, 6.45) is 5.67. The van der Waals surface area contributed by atoms with Crippen LogP contribution in [0.3, 0.4) is 0 Å². The lowest BCUT2D eigenvalue weighted by atomic mass is 10.3. The number of aromatic amines is 1. The second-order valence-electron chi connectivity index (χ2n) is 4.22. The molecule has 18 heavy (non-hydrogen) atoms. The smallest absolute Gasteiger partial charge is 0.291 e. The minimum atomic E-state index is -0.252. The average molecular weight is 247 g/mol. The summed E-state index contributed by atoms with van der Waals surface area (Å²) in [7, 11) is 1.94. The number of hydrogen-bond acceptors (Lipinski definition) is 3. The summed E-state index contributed by atoms with van der Waals surface area (Å²) in [4.78, 5) is 15.9. The van der Waals surface area contributed by atoms with Crippen molar-refractivity contribution in [1.82, 2.24) is 25.1 Å². The zero-order chi connectivity index (χ0) is 13.0. The van der Waals surface area contributed by atoms with Gasteiger partial charge in [0.25, 0.3) is 5.91 Å². The van der Waals surface area contributed by atoms with Crippen LogP contribution in [0.2, 0.25) is 0 Å². The minimum Gasteiger partial charge on any atom is -0.357 e. The lowest BCUT2D eigenvalue weighted by Gasteiger charge is -1.99. The first kappa shape index (κ1) is 12.3. The highest BCUT2D eigenvalue weighted by molar-refractivity contribution is 5.90. The van der Waals surface area contributed by atoms with Crippen LogP contribution in [0.1, 0.15) is 35.4 Å². The zero-order valence-electron chi connectivity index (χ0n) is 10.6. The van der Waals surface area contributed by atoms with E-state index >= 15 is 0 Å². The molecule has 0 aliphatic carbocycles. The zero-order valence-corrected chi connectivity index (χ0v) is 10.6. The second kappa shape index (κ2) is 5.48. The molecule has 0 atom stereocenters. The predicted octanol–water partition coefficient (Wildman–Crippen LogP) is 1.03. The standard InChI is InChI=1S/C12H17N5O/c1-3-4-10-14-11(16-15-10)12(18)13-7-9-5-6-17(2)8-9/h5-6,8H,3-4,7H2,1-2H3,(H,13,18)(H,14,15,16). The molecule has 2 heterocycles. The Balaban J connectivity index is 1.90. The van der Waals surface area contributed by atoms with Gasteiger partial charge in [0, 0.05) is 32.4 Å². The lowest BCUT2D eigenvalue weighted by molar-refractivity contribution is 0.0941. The molecule has 2 rings (SSSR count). The van der Waals surface area contributed by atoms with Crippen LogP contribution < -0.4 is 5.32 Å². The molecule has 6 heteroatoms.